The lowest BCUT2D eigenvalue weighted by atomic mass is 9.70. The normalized spacial score (nSPS) is 20.5. The number of hydrogen-bond acceptors (Lipinski definition) is 3. The third kappa shape index (κ3) is 2.94. The molecule has 1 aliphatic rings. The third-order valence-corrected chi connectivity index (χ3v) is 5.03. The molecule has 3 heteroatoms. The average Bonchev–Trinajstić information content (AvgIpc) is 2.50. The number of nitrogens with one attached hydrogen (secondary N) is 1. The molecular formula is C18H25N3. The van der Waals surface area contributed by atoms with Crippen molar-refractivity contribution in [3.8, 4) is 0 Å². The van der Waals surface area contributed by atoms with Gasteiger partial charge in [0.15, 0.2) is 0 Å². The number of fused-ring (bicyclic) bond motifs is 1. The lowest BCUT2D eigenvalue weighted by molar-refractivity contribution is 0.162. The second-order valence-electron chi connectivity index (χ2n) is 7.07. The van der Waals surface area contributed by atoms with Gasteiger partial charge in [-0.3, -0.25) is 16.3 Å². The Morgan fingerprint density at radius 3 is 2.62 bits per heavy atom. The van der Waals surface area contributed by atoms with Crippen LogP contribution in [0.15, 0.2) is 36.5 Å². The highest BCUT2D eigenvalue weighted by Crippen LogP contribution is 2.43. The molecule has 0 bridgehead atoms. The minimum absolute atomic E-state index is 0.194. The molecule has 0 spiro atoms. The van der Waals surface area contributed by atoms with E-state index in [1.54, 1.807) is 0 Å². The summed E-state index contributed by atoms with van der Waals surface area (Å²) in [7, 11) is 0. The highest BCUT2D eigenvalue weighted by atomic mass is 15.2. The Hall–Kier alpha value is -1.45. The molecule has 1 saturated carbocycles. The van der Waals surface area contributed by atoms with Gasteiger partial charge in [0.2, 0.25) is 0 Å². The summed E-state index contributed by atoms with van der Waals surface area (Å²) in [6, 6.07) is 10.7. The van der Waals surface area contributed by atoms with E-state index in [-0.39, 0.29) is 6.04 Å². The molecule has 21 heavy (non-hydrogen) atoms. The molecular weight excluding hydrogens is 258 g/mol. The summed E-state index contributed by atoms with van der Waals surface area (Å²) in [4.78, 5) is 4.58. The topological polar surface area (TPSA) is 50.9 Å². The second-order valence-corrected chi connectivity index (χ2v) is 7.07. The molecule has 1 aromatic heterocycles. The highest BCUT2D eigenvalue weighted by Gasteiger charge is 2.32. The first-order valence-corrected chi connectivity index (χ1v) is 7.90. The van der Waals surface area contributed by atoms with Crippen LogP contribution in [-0.2, 0) is 0 Å². The van der Waals surface area contributed by atoms with Crippen molar-refractivity contribution in [2.24, 2.45) is 17.2 Å². The van der Waals surface area contributed by atoms with Crippen molar-refractivity contribution in [1.82, 2.24) is 10.4 Å². The summed E-state index contributed by atoms with van der Waals surface area (Å²) >= 11 is 0. The summed E-state index contributed by atoms with van der Waals surface area (Å²) in [6.07, 6.45) is 6.86. The van der Waals surface area contributed by atoms with Gasteiger partial charge >= 0.3 is 0 Å². The lowest BCUT2D eigenvalue weighted by Crippen LogP contribution is -2.36. The number of benzene rings is 1. The van der Waals surface area contributed by atoms with E-state index in [2.05, 4.69) is 48.5 Å². The molecule has 112 valence electrons. The maximum absolute atomic E-state index is 5.92. The van der Waals surface area contributed by atoms with Crippen molar-refractivity contribution in [2.45, 2.75) is 45.6 Å². The number of nitrogens with zero attached hydrogens (tertiary/aromatic N) is 1. The number of hydrazine groups is 1. The van der Waals surface area contributed by atoms with Crippen molar-refractivity contribution in [3.05, 3.63) is 42.1 Å². The first-order valence-electron chi connectivity index (χ1n) is 7.90. The van der Waals surface area contributed by atoms with Gasteiger partial charge in [-0.05, 0) is 48.6 Å². The molecule has 1 heterocycles. The highest BCUT2D eigenvalue weighted by molar-refractivity contribution is 5.82. The van der Waals surface area contributed by atoms with Crippen LogP contribution in [0.4, 0.5) is 0 Å². The monoisotopic (exact) mass is 283 g/mol. The first kappa shape index (κ1) is 14.5. The smallest absolute Gasteiger partial charge is 0.0750 e. The van der Waals surface area contributed by atoms with E-state index in [1.807, 2.05) is 12.3 Å². The van der Waals surface area contributed by atoms with Gasteiger partial charge in [0.05, 0.1) is 11.6 Å². The third-order valence-electron chi connectivity index (χ3n) is 5.03. The number of aromatic nitrogens is 1. The Bertz CT molecular complexity index is 605. The van der Waals surface area contributed by atoms with E-state index in [4.69, 9.17) is 5.84 Å². The Morgan fingerprint density at radius 2 is 1.90 bits per heavy atom. The zero-order valence-corrected chi connectivity index (χ0v) is 13.0. The Balaban J connectivity index is 1.92. The van der Waals surface area contributed by atoms with Crippen molar-refractivity contribution < 1.29 is 0 Å². The predicted molar refractivity (Wildman–Crippen MR) is 87.5 cm³/mol. The maximum Gasteiger partial charge on any atom is 0.0750 e. The van der Waals surface area contributed by atoms with Crippen LogP contribution in [0, 0.1) is 11.3 Å². The van der Waals surface area contributed by atoms with Crippen LogP contribution < -0.4 is 11.3 Å². The van der Waals surface area contributed by atoms with Gasteiger partial charge in [-0.2, -0.15) is 0 Å². The fourth-order valence-electron chi connectivity index (χ4n) is 3.61. The molecule has 3 nitrogen and oxygen atoms in total. The molecule has 3 N–H and O–H groups in total. The van der Waals surface area contributed by atoms with Gasteiger partial charge in [0.25, 0.3) is 0 Å². The van der Waals surface area contributed by atoms with Gasteiger partial charge < -0.3 is 0 Å². The zero-order valence-electron chi connectivity index (χ0n) is 13.0. The van der Waals surface area contributed by atoms with E-state index in [0.717, 1.165) is 5.52 Å². The summed E-state index contributed by atoms with van der Waals surface area (Å²) in [5.74, 6) is 6.51. The van der Waals surface area contributed by atoms with Crippen LogP contribution in [0.5, 0.6) is 0 Å². The zero-order chi connectivity index (χ0) is 14.9. The molecule has 0 aliphatic heterocycles. The summed E-state index contributed by atoms with van der Waals surface area (Å²) in [6.45, 7) is 4.74. The number of nitrogens with two attached hydrogens (primary N) is 1. The standard InChI is InChI=1S/C18H25N3/c1-18(2)10-8-14(9-11-18)17(21-19)15-7-3-5-13-6-4-12-20-16(13)15/h3-7,12,14,17,21H,8-11,19H2,1-2H3. The largest absolute Gasteiger partial charge is 0.271 e. The van der Waals surface area contributed by atoms with Crippen LogP contribution in [0.25, 0.3) is 10.9 Å². The van der Waals surface area contributed by atoms with E-state index in [1.165, 1.54) is 36.6 Å². The second kappa shape index (κ2) is 5.74. The molecule has 0 radical (unpaired) electrons. The Kier molecular flexibility index (Phi) is 3.96. The predicted octanol–water partition coefficient (Wildman–Crippen LogP) is 3.96. The van der Waals surface area contributed by atoms with Gasteiger partial charge in [0.1, 0.15) is 0 Å². The molecule has 2 aromatic rings. The van der Waals surface area contributed by atoms with Crippen LogP contribution in [-0.4, -0.2) is 4.98 Å². The van der Waals surface area contributed by atoms with Crippen LogP contribution >= 0.6 is 0 Å². The SMILES string of the molecule is CC1(C)CCC(C(NN)c2cccc3cccnc23)CC1. The average molecular weight is 283 g/mol. The summed E-state index contributed by atoms with van der Waals surface area (Å²) < 4.78 is 0. The van der Waals surface area contributed by atoms with E-state index < -0.39 is 0 Å². The van der Waals surface area contributed by atoms with E-state index >= 15 is 0 Å². The molecule has 1 unspecified atom stereocenters. The minimum Gasteiger partial charge on any atom is -0.271 e. The van der Waals surface area contributed by atoms with Crippen LogP contribution in [0.1, 0.15) is 51.1 Å². The summed E-state index contributed by atoms with van der Waals surface area (Å²) in [5, 5.41) is 1.19. The van der Waals surface area contributed by atoms with Gasteiger partial charge in [-0.15, -0.1) is 0 Å². The number of para-hydroxylation sites is 1. The Labute approximate surface area is 126 Å². The quantitative estimate of drug-likeness (QED) is 0.662. The maximum atomic E-state index is 5.92. The van der Waals surface area contributed by atoms with Crippen LogP contribution in [0.3, 0.4) is 0 Å². The van der Waals surface area contributed by atoms with Crippen molar-refractivity contribution in [3.63, 3.8) is 0 Å². The van der Waals surface area contributed by atoms with Crippen molar-refractivity contribution >= 4 is 10.9 Å². The van der Waals surface area contributed by atoms with Gasteiger partial charge in [-0.1, -0.05) is 38.1 Å². The molecule has 0 amide bonds. The molecule has 1 atom stereocenters. The molecule has 1 aliphatic carbocycles. The van der Waals surface area contributed by atoms with Crippen molar-refractivity contribution in [2.75, 3.05) is 0 Å². The molecule has 1 fully saturated rings. The fraction of sp³-hybridized carbons (Fsp3) is 0.500. The first-order chi connectivity index (χ1) is 10.1. The fourth-order valence-corrected chi connectivity index (χ4v) is 3.61. The number of pyridine rings is 1. The van der Waals surface area contributed by atoms with E-state index in [9.17, 15) is 0 Å². The molecule has 3 rings (SSSR count). The molecule has 1 aromatic carbocycles. The summed E-state index contributed by atoms with van der Waals surface area (Å²) in [5.41, 5.74) is 5.86. The Morgan fingerprint density at radius 1 is 1.19 bits per heavy atom. The molecule has 0 saturated heterocycles. The number of rotatable bonds is 3. The minimum atomic E-state index is 0.194. The van der Waals surface area contributed by atoms with Crippen molar-refractivity contribution in [1.29, 1.82) is 0 Å². The van der Waals surface area contributed by atoms with Gasteiger partial charge in [0, 0.05) is 11.6 Å². The van der Waals surface area contributed by atoms with Crippen LogP contribution in [0.2, 0.25) is 0 Å². The lowest BCUT2D eigenvalue weighted by Gasteiger charge is -2.38. The van der Waals surface area contributed by atoms with E-state index in [0.29, 0.717) is 11.3 Å². The number of hydrogen-bond donors (Lipinski definition) is 2. The van der Waals surface area contributed by atoms with Gasteiger partial charge in [-0.25, -0.2) is 0 Å².